The number of halogens is 2. The zero-order valence-corrected chi connectivity index (χ0v) is 13.4. The highest BCUT2D eigenvalue weighted by Gasteiger charge is 2.37. The Morgan fingerprint density at radius 3 is 2.29 bits per heavy atom. The van der Waals surface area contributed by atoms with Crippen molar-refractivity contribution < 1.29 is 18.3 Å². The Bertz CT molecular complexity index is 738. The summed E-state index contributed by atoms with van der Waals surface area (Å²) in [5, 5.41) is 3.04. The molecule has 2 aromatic rings. The largest absolute Gasteiger partial charge is 0.496 e. The van der Waals surface area contributed by atoms with Gasteiger partial charge in [0, 0.05) is 0 Å². The van der Waals surface area contributed by atoms with Gasteiger partial charge in [0.1, 0.15) is 17.4 Å². The monoisotopic (exact) mass is 331 g/mol. The molecular formula is C19H19F2NO2. The van der Waals surface area contributed by atoms with Crippen molar-refractivity contribution in [2.24, 2.45) is 0 Å². The van der Waals surface area contributed by atoms with Crippen molar-refractivity contribution in [1.82, 2.24) is 5.32 Å². The summed E-state index contributed by atoms with van der Waals surface area (Å²) in [6, 6.07) is 10.0. The van der Waals surface area contributed by atoms with E-state index >= 15 is 0 Å². The molecule has 0 atom stereocenters. The Labute approximate surface area is 139 Å². The molecule has 2 aromatic carbocycles. The Morgan fingerprint density at radius 2 is 1.67 bits per heavy atom. The molecule has 0 saturated heterocycles. The topological polar surface area (TPSA) is 38.3 Å². The molecule has 0 spiro atoms. The number of amides is 1. The first kappa shape index (κ1) is 16.4. The van der Waals surface area contributed by atoms with Gasteiger partial charge in [-0.15, -0.1) is 0 Å². The lowest BCUT2D eigenvalue weighted by molar-refractivity contribution is 0.0894. The molecule has 0 aromatic heterocycles. The molecule has 1 saturated carbocycles. The standard InChI is InChI=1S/C19H19F2NO2/c1-24-17-9-8-15(21)12-16(17)18(23)22-19(10-2-3-11-19)13-4-6-14(20)7-5-13/h4-9,12H,2-3,10-11H2,1H3,(H,22,23). The second-order valence-corrected chi connectivity index (χ2v) is 6.09. The maximum absolute atomic E-state index is 13.5. The molecule has 0 aliphatic heterocycles. The van der Waals surface area contributed by atoms with Gasteiger partial charge < -0.3 is 10.1 Å². The summed E-state index contributed by atoms with van der Waals surface area (Å²) in [6.07, 6.45) is 3.47. The second-order valence-electron chi connectivity index (χ2n) is 6.09. The molecule has 1 aliphatic rings. The van der Waals surface area contributed by atoms with Gasteiger partial charge in [0.15, 0.2) is 0 Å². The van der Waals surface area contributed by atoms with Crippen molar-refractivity contribution >= 4 is 5.91 Å². The number of ether oxygens (including phenoxy) is 1. The summed E-state index contributed by atoms with van der Waals surface area (Å²) in [4.78, 5) is 12.7. The Balaban J connectivity index is 1.93. The van der Waals surface area contributed by atoms with E-state index in [9.17, 15) is 13.6 Å². The predicted octanol–water partition coefficient (Wildman–Crippen LogP) is 4.17. The lowest BCUT2D eigenvalue weighted by Crippen LogP contribution is -2.44. The first-order valence-electron chi connectivity index (χ1n) is 7.96. The minimum absolute atomic E-state index is 0.158. The van der Waals surface area contributed by atoms with Crippen molar-refractivity contribution in [3.8, 4) is 5.75 Å². The summed E-state index contributed by atoms with van der Waals surface area (Å²) in [5.74, 6) is -0.882. The number of benzene rings is 2. The van der Waals surface area contributed by atoms with Crippen molar-refractivity contribution in [3.05, 3.63) is 65.2 Å². The molecule has 0 unspecified atom stereocenters. The molecule has 5 heteroatoms. The van der Waals surface area contributed by atoms with E-state index in [1.165, 1.54) is 37.4 Å². The quantitative estimate of drug-likeness (QED) is 0.913. The number of carbonyl (C=O) groups excluding carboxylic acids is 1. The highest BCUT2D eigenvalue weighted by atomic mass is 19.1. The fourth-order valence-corrected chi connectivity index (χ4v) is 3.38. The van der Waals surface area contributed by atoms with E-state index in [0.29, 0.717) is 5.75 Å². The predicted molar refractivity (Wildman–Crippen MR) is 87.0 cm³/mol. The average Bonchev–Trinajstić information content (AvgIpc) is 3.05. The van der Waals surface area contributed by atoms with Crippen molar-refractivity contribution in [3.63, 3.8) is 0 Å². The third-order valence-electron chi connectivity index (χ3n) is 4.61. The van der Waals surface area contributed by atoms with Crippen LogP contribution in [-0.2, 0) is 5.54 Å². The van der Waals surface area contributed by atoms with Crippen LogP contribution >= 0.6 is 0 Å². The highest BCUT2D eigenvalue weighted by Crippen LogP contribution is 2.39. The minimum atomic E-state index is -0.553. The van der Waals surface area contributed by atoms with Crippen LogP contribution in [0.4, 0.5) is 8.78 Å². The fraction of sp³-hybridized carbons (Fsp3) is 0.316. The van der Waals surface area contributed by atoms with Gasteiger partial charge in [0.25, 0.3) is 5.91 Å². The van der Waals surface area contributed by atoms with Crippen LogP contribution in [0.3, 0.4) is 0 Å². The summed E-state index contributed by atoms with van der Waals surface area (Å²) in [6.45, 7) is 0. The van der Waals surface area contributed by atoms with Crippen LogP contribution in [0.2, 0.25) is 0 Å². The maximum atomic E-state index is 13.5. The number of methoxy groups -OCH3 is 1. The molecule has 1 aliphatic carbocycles. The van der Waals surface area contributed by atoms with E-state index < -0.39 is 17.3 Å². The molecule has 0 heterocycles. The van der Waals surface area contributed by atoms with Gasteiger partial charge in [0.2, 0.25) is 0 Å². The van der Waals surface area contributed by atoms with Crippen LogP contribution in [0.5, 0.6) is 5.75 Å². The minimum Gasteiger partial charge on any atom is -0.496 e. The van der Waals surface area contributed by atoms with Gasteiger partial charge in [-0.2, -0.15) is 0 Å². The molecule has 126 valence electrons. The summed E-state index contributed by atoms with van der Waals surface area (Å²) in [5.41, 5.74) is 0.471. The Hall–Kier alpha value is -2.43. The van der Waals surface area contributed by atoms with Gasteiger partial charge in [-0.25, -0.2) is 8.78 Å². The van der Waals surface area contributed by atoms with E-state index in [1.807, 2.05) is 0 Å². The molecule has 0 bridgehead atoms. The number of carbonyl (C=O) groups is 1. The molecule has 1 N–H and O–H groups in total. The van der Waals surface area contributed by atoms with Gasteiger partial charge in [-0.3, -0.25) is 4.79 Å². The summed E-state index contributed by atoms with van der Waals surface area (Å²) < 4.78 is 31.9. The first-order valence-corrected chi connectivity index (χ1v) is 7.96. The van der Waals surface area contributed by atoms with Crippen molar-refractivity contribution in [2.45, 2.75) is 31.2 Å². The normalized spacial score (nSPS) is 16.0. The highest BCUT2D eigenvalue weighted by molar-refractivity contribution is 5.97. The SMILES string of the molecule is COc1ccc(F)cc1C(=O)NC1(c2ccc(F)cc2)CCCC1. The fourth-order valence-electron chi connectivity index (χ4n) is 3.38. The lowest BCUT2D eigenvalue weighted by atomic mass is 9.87. The Morgan fingerprint density at radius 1 is 1.04 bits per heavy atom. The molecule has 3 nitrogen and oxygen atoms in total. The molecule has 1 fully saturated rings. The summed E-state index contributed by atoms with van der Waals surface area (Å²) >= 11 is 0. The van der Waals surface area contributed by atoms with Gasteiger partial charge in [-0.05, 0) is 48.7 Å². The molecule has 24 heavy (non-hydrogen) atoms. The third-order valence-corrected chi connectivity index (χ3v) is 4.61. The van der Waals surface area contributed by atoms with Crippen LogP contribution in [0.15, 0.2) is 42.5 Å². The smallest absolute Gasteiger partial charge is 0.255 e. The van der Waals surface area contributed by atoms with Gasteiger partial charge >= 0.3 is 0 Å². The summed E-state index contributed by atoms with van der Waals surface area (Å²) in [7, 11) is 1.44. The zero-order valence-electron chi connectivity index (χ0n) is 13.4. The van der Waals surface area contributed by atoms with Crippen LogP contribution < -0.4 is 10.1 Å². The first-order chi connectivity index (χ1) is 11.5. The maximum Gasteiger partial charge on any atom is 0.255 e. The van der Waals surface area contributed by atoms with E-state index in [1.54, 1.807) is 12.1 Å². The zero-order chi connectivity index (χ0) is 17.2. The number of rotatable bonds is 4. The van der Waals surface area contributed by atoms with Gasteiger partial charge in [0.05, 0.1) is 18.2 Å². The van der Waals surface area contributed by atoms with E-state index in [-0.39, 0.29) is 11.4 Å². The van der Waals surface area contributed by atoms with Crippen molar-refractivity contribution in [2.75, 3.05) is 7.11 Å². The van der Waals surface area contributed by atoms with Crippen molar-refractivity contribution in [1.29, 1.82) is 0 Å². The number of hydrogen-bond donors (Lipinski definition) is 1. The molecular weight excluding hydrogens is 312 g/mol. The van der Waals surface area contributed by atoms with E-state index in [4.69, 9.17) is 4.74 Å². The average molecular weight is 331 g/mol. The van der Waals surface area contributed by atoms with E-state index in [2.05, 4.69) is 5.32 Å². The number of hydrogen-bond acceptors (Lipinski definition) is 2. The van der Waals surface area contributed by atoms with E-state index in [0.717, 1.165) is 31.2 Å². The Kier molecular flexibility index (Phi) is 4.51. The molecule has 0 radical (unpaired) electrons. The lowest BCUT2D eigenvalue weighted by Gasteiger charge is -2.31. The number of nitrogens with one attached hydrogen (secondary N) is 1. The van der Waals surface area contributed by atoms with Crippen LogP contribution in [-0.4, -0.2) is 13.0 Å². The van der Waals surface area contributed by atoms with Crippen LogP contribution in [0.25, 0.3) is 0 Å². The molecule has 3 rings (SSSR count). The van der Waals surface area contributed by atoms with Crippen LogP contribution in [0, 0.1) is 11.6 Å². The third kappa shape index (κ3) is 3.11. The van der Waals surface area contributed by atoms with Crippen LogP contribution in [0.1, 0.15) is 41.6 Å². The second kappa shape index (κ2) is 6.59. The van der Waals surface area contributed by atoms with Gasteiger partial charge in [-0.1, -0.05) is 25.0 Å². The molecule has 1 amide bonds.